The Kier molecular flexibility index (Phi) is 23.3. The molecule has 0 atom stereocenters. The predicted octanol–water partition coefficient (Wildman–Crippen LogP) is 16.9. The molecule has 607 valence electrons. The molecule has 12 aromatic heterocycles. The molecule has 0 fully saturated rings. The minimum atomic E-state index is 0. The molecule has 12 aliphatic heterocycles. The van der Waals surface area contributed by atoms with Crippen LogP contribution in [0.25, 0.3) is 96.4 Å². The molecule has 12 aliphatic rings. The van der Waals surface area contributed by atoms with Crippen LogP contribution in [-0.2, 0) is 44.6 Å². The number of hydrogen-bond acceptors (Lipinski definition) is 19. The molecule has 0 saturated carbocycles. The predicted molar refractivity (Wildman–Crippen MR) is 508 cm³/mol. The van der Waals surface area contributed by atoms with Gasteiger partial charge in [0.1, 0.15) is 26.2 Å². The molecule has 1 radical (unpaired) electrons. The molecule has 24 heterocycles. The monoisotopic (exact) mass is 1800 g/mol. The van der Waals surface area contributed by atoms with Crippen molar-refractivity contribution in [2.45, 2.75) is 6.42 Å². The average Bonchev–Trinajstić information content (AvgIpc) is 1.65. The molecule has 0 amide bonds. The molecule has 0 unspecified atom stereocenters. The smallest absolute Gasteiger partial charge is 0.657 e. The fraction of sp³-hybridized carbons (Fsp3) is 0.0526. The summed E-state index contributed by atoms with van der Waals surface area (Å²) in [6, 6.07) is 28.8. The van der Waals surface area contributed by atoms with E-state index in [1.807, 2.05) is 127 Å². The Hall–Kier alpha value is -13.8. The van der Waals surface area contributed by atoms with E-state index in [0.717, 1.165) is 212 Å². The molecule has 24 bridgehead atoms. The number of aldehydes is 1. The van der Waals surface area contributed by atoms with Crippen molar-refractivity contribution in [3.8, 4) is 21.1 Å². The minimum absolute atomic E-state index is 0. The van der Waals surface area contributed by atoms with Crippen molar-refractivity contribution in [3.63, 3.8) is 0 Å². The van der Waals surface area contributed by atoms with Crippen LogP contribution in [0, 0.1) is 0 Å². The van der Waals surface area contributed by atoms with Crippen molar-refractivity contribution >= 4 is 196 Å². The number of nitrogens with zero attached hydrogens (tertiary/aromatic N) is 15. The number of aliphatic imine (C=N–C) groups is 5. The number of H-pyrrole nitrogens is 4. The Morgan fingerprint density at radius 1 is 0.504 bits per heavy atom. The van der Waals surface area contributed by atoms with Gasteiger partial charge in [0.15, 0.2) is 35.5 Å². The third-order valence-electron chi connectivity index (χ3n) is 20.6. The zero-order chi connectivity index (χ0) is 83.6. The molecule has 24 rings (SSSR count). The van der Waals surface area contributed by atoms with Crippen LogP contribution in [-0.4, -0.2) is 92.4 Å². The molecule has 12 aromatic rings. The first-order valence-corrected chi connectivity index (χ1v) is 45.4. The Balaban J connectivity index is 0.000000111. The number of thioether (sulfide) groups is 2. The topological polar surface area (TPSA) is 263 Å². The summed E-state index contributed by atoms with van der Waals surface area (Å²) in [5.74, 6) is 0. The summed E-state index contributed by atoms with van der Waals surface area (Å²) in [7, 11) is 8.25. The molecule has 30 heteroatoms. The van der Waals surface area contributed by atoms with Gasteiger partial charge >= 0.3 is 17.1 Å². The second-order valence-electron chi connectivity index (χ2n) is 29.0. The Morgan fingerprint density at radius 2 is 1.06 bits per heavy atom. The minimum Gasteiger partial charge on any atom is -0.657 e. The van der Waals surface area contributed by atoms with Crippen LogP contribution in [0.4, 0.5) is 0 Å². The third-order valence-corrected chi connectivity index (χ3v) is 26.8. The van der Waals surface area contributed by atoms with Gasteiger partial charge in [-0.25, -0.2) is 49.9 Å². The van der Waals surface area contributed by atoms with Gasteiger partial charge in [0.25, 0.3) is 15.0 Å². The van der Waals surface area contributed by atoms with Gasteiger partial charge in [0.2, 0.25) is 11.4 Å². The first-order valence-electron chi connectivity index (χ1n) is 39.3. The van der Waals surface area contributed by atoms with Crippen LogP contribution < -0.4 is 34.0 Å². The fourth-order valence-corrected chi connectivity index (χ4v) is 20.4. The Morgan fingerprint density at radius 3 is 1.58 bits per heavy atom. The molecule has 0 spiro atoms. The van der Waals surface area contributed by atoms with Gasteiger partial charge in [-0.3, -0.25) is 4.79 Å². The maximum Gasteiger partial charge on any atom is 2.00 e. The van der Waals surface area contributed by atoms with Crippen molar-refractivity contribution in [2.75, 3.05) is 7.05 Å². The molecule has 22 nitrogen and oxygen atoms in total. The molecule has 125 heavy (non-hydrogen) atoms. The summed E-state index contributed by atoms with van der Waals surface area (Å²) in [4.78, 5) is 81.9. The number of aromatic amines is 4. The number of aryl methyl sites for hydroxylation is 3. The fourth-order valence-electron chi connectivity index (χ4n) is 14.9. The second-order valence-corrected chi connectivity index (χ2v) is 35.3. The van der Waals surface area contributed by atoms with E-state index in [9.17, 15) is 4.79 Å². The number of thiazole rings is 5. The zero-order valence-electron chi connectivity index (χ0n) is 67.0. The Labute approximate surface area is 756 Å². The van der Waals surface area contributed by atoms with Gasteiger partial charge in [-0.05, 0) is 163 Å². The summed E-state index contributed by atoms with van der Waals surface area (Å²) < 4.78 is 6.38. The first kappa shape index (κ1) is 80.9. The van der Waals surface area contributed by atoms with Crippen LogP contribution in [0.2, 0.25) is 0 Å². The number of allylic oxidation sites excluding steroid dienone is 17. The summed E-state index contributed by atoms with van der Waals surface area (Å²) >= 11 is 11.4. The number of carbonyl (C=O) groups excluding carboxylic acids is 1. The largest absolute Gasteiger partial charge is 2.00 e. The maximum absolute atomic E-state index is 9.82. The molecular formula is C95H71MnN21OS7+4. The number of fused-ring (bicyclic) bond motifs is 18. The van der Waals surface area contributed by atoms with E-state index in [4.69, 9.17) is 44.9 Å². The number of aromatic nitrogens is 13. The second kappa shape index (κ2) is 36.0. The van der Waals surface area contributed by atoms with E-state index in [1.54, 1.807) is 80.4 Å². The van der Waals surface area contributed by atoms with Gasteiger partial charge in [-0.1, -0.05) is 93.9 Å². The van der Waals surface area contributed by atoms with Crippen LogP contribution in [0.3, 0.4) is 0 Å². The van der Waals surface area contributed by atoms with Gasteiger partial charge in [0.05, 0.1) is 145 Å². The van der Waals surface area contributed by atoms with Crippen LogP contribution in [0.15, 0.2) is 338 Å². The SMILES string of the molecule is C1=CSC(=C2C3=NC(=CC4=NC(=C(c5nccs5)c5ccc([nH]5)C=C5C=CC2=N5)C=C4)C=C3)N1.CN1C=CSC1=C1C2=NC(=CC3=[NH+]C(=C(c4scc[n+]4C)C4=NC(=Cc5ccc1[nH]5)C=C4)C=C3)C=C2.C[n+]1ccsc1-c1c2nc(cc3ccc([n-]3)c(-c3scc[n+]3C)c3nc(cc4ccc1[n-]4)C=C3)C=C2.O=Cc1nccs1.[Mn+2].c1c[nH]c(Cc2ccc[nH]2)c1. The van der Waals surface area contributed by atoms with E-state index in [1.165, 1.54) is 22.7 Å². The molecule has 0 saturated heterocycles. The normalized spacial score (nSPS) is 17.3. The number of nitrogens with one attached hydrogen (secondary N) is 6. The average molecular weight is 1800 g/mol. The number of rotatable bonds is 7. The van der Waals surface area contributed by atoms with Crippen molar-refractivity contribution in [2.24, 2.45) is 46.1 Å². The third kappa shape index (κ3) is 17.5. The molecular weight excluding hydrogens is 1730 g/mol. The van der Waals surface area contributed by atoms with E-state index in [2.05, 4.69) is 249 Å². The van der Waals surface area contributed by atoms with Crippen LogP contribution in [0.5, 0.6) is 0 Å². The van der Waals surface area contributed by atoms with E-state index < -0.39 is 0 Å². The van der Waals surface area contributed by atoms with Gasteiger partial charge < -0.3 is 40.1 Å². The molecule has 0 aliphatic carbocycles. The maximum atomic E-state index is 9.82. The van der Waals surface area contributed by atoms with Crippen molar-refractivity contribution < 1.29 is 40.6 Å². The zero-order valence-corrected chi connectivity index (χ0v) is 73.9. The van der Waals surface area contributed by atoms with Crippen molar-refractivity contribution in [1.82, 2.24) is 60.1 Å². The summed E-state index contributed by atoms with van der Waals surface area (Å²) in [6.07, 6.45) is 60.5. The quantitative estimate of drug-likeness (QED) is 0.0496. The Bertz CT molecular complexity index is 7170. The molecule has 0 aromatic carbocycles. The molecule has 6 N–H and O–H groups in total. The van der Waals surface area contributed by atoms with E-state index in [0.29, 0.717) is 5.01 Å². The summed E-state index contributed by atoms with van der Waals surface area (Å²) in [5, 5.41) is 24.5. The number of carbonyl (C=O) groups is 1. The first-order chi connectivity index (χ1) is 60.9. The summed E-state index contributed by atoms with van der Waals surface area (Å²) in [6.45, 7) is 0. The number of hydrogen-bond donors (Lipinski definition) is 6. The standard InChI is InChI=1S/C28H21N6S2.C28H20N6S2.C26H16N6S2.C9H10N2.C4H3NOS.Mn/c2*1-33-11-13-35-27(33)25-21-7-3-17(29-21)15-19-5-9-23(31-19)26(28-34(2)12-14-36-28)24-10-6-20(32-24)16-18-4-8-22(25)30-18;1-5-19-23(25-27-9-11-33-25)20-7-3-17(31-20)14-18-4-8-22(32-18)24(26-28-10-12-34-26)21-6-2-16(30-21)13-15(1)29-19;1-3-8(10-5-1)7-9-4-2-6-11-9;6-3-4-5-1-2-7-4;/h3-16,29H,1-2H3;3-16H,1-2H3;1-14,27,30H;1-6,10-11H,7H2;1-3H;/q+1;;;;;+2/p+1. The van der Waals surface area contributed by atoms with Gasteiger partial charge in [-0.2, -0.15) is 13.7 Å². The van der Waals surface area contributed by atoms with Crippen molar-refractivity contribution in [1.29, 1.82) is 0 Å². The van der Waals surface area contributed by atoms with E-state index >= 15 is 0 Å². The van der Waals surface area contributed by atoms with Gasteiger partial charge in [-0.15, -0.1) is 44.7 Å². The van der Waals surface area contributed by atoms with E-state index in [-0.39, 0.29) is 17.1 Å². The summed E-state index contributed by atoms with van der Waals surface area (Å²) in [5.41, 5.74) is 30.7. The van der Waals surface area contributed by atoms with Crippen LogP contribution >= 0.6 is 80.2 Å². The van der Waals surface area contributed by atoms with Gasteiger partial charge in [0, 0.05) is 102 Å². The van der Waals surface area contributed by atoms with Crippen molar-refractivity contribution in [3.05, 3.63) is 385 Å². The van der Waals surface area contributed by atoms with Crippen LogP contribution in [0.1, 0.15) is 76.8 Å².